The zero-order valence-corrected chi connectivity index (χ0v) is 23.2. The van der Waals surface area contributed by atoms with E-state index in [0.717, 1.165) is 0 Å². The third-order valence-electron chi connectivity index (χ3n) is 9.61. The fourth-order valence-corrected chi connectivity index (χ4v) is 7.88. The van der Waals surface area contributed by atoms with E-state index < -0.39 is 93.1 Å². The molecule has 232 valence electrons. The second-order valence-electron chi connectivity index (χ2n) is 11.8. The Hall–Kier alpha value is -3.82. The Morgan fingerprint density at radius 1 is 1.26 bits per heavy atom. The van der Waals surface area contributed by atoms with E-state index >= 15 is 0 Å². The molecule has 1 fully saturated rings. The number of amides is 1. The molecule has 12 nitrogen and oxygen atoms in total. The summed E-state index contributed by atoms with van der Waals surface area (Å²) in [4.78, 5) is 41.4. The molecule has 2 aliphatic heterocycles. The molecule has 6 atom stereocenters. The number of ether oxygens (including phenoxy) is 1. The third-order valence-corrected chi connectivity index (χ3v) is 9.61. The second kappa shape index (κ2) is 9.59. The summed E-state index contributed by atoms with van der Waals surface area (Å²) >= 11 is 0. The molecule has 0 saturated carbocycles. The van der Waals surface area contributed by atoms with Crippen LogP contribution in [0.1, 0.15) is 47.3 Å². The maximum absolute atomic E-state index is 14.0. The van der Waals surface area contributed by atoms with Crippen LogP contribution in [0.5, 0.6) is 11.5 Å². The molecule has 3 aliphatic carbocycles. The Bertz CT molecular complexity index is 1540. The molecule has 8 N–H and O–H groups in total. The van der Waals surface area contributed by atoms with Gasteiger partial charge in [-0.25, -0.2) is 0 Å². The van der Waals surface area contributed by atoms with Crippen LogP contribution in [0.4, 0.5) is 18.9 Å². The molecular weight excluding hydrogens is 577 g/mol. The number of aliphatic hydroxyl groups is 3. The van der Waals surface area contributed by atoms with Gasteiger partial charge in [-0.3, -0.25) is 19.3 Å². The van der Waals surface area contributed by atoms with Crippen LogP contribution in [-0.4, -0.2) is 87.5 Å². The number of nitrogens with two attached hydrogens (primary N) is 1. The Morgan fingerprint density at radius 3 is 2.58 bits per heavy atom. The van der Waals surface area contributed by atoms with Crippen molar-refractivity contribution in [3.63, 3.8) is 0 Å². The summed E-state index contributed by atoms with van der Waals surface area (Å²) in [6, 6.07) is -1.81. The molecule has 1 aromatic rings. The van der Waals surface area contributed by atoms with Gasteiger partial charge >= 0.3 is 6.36 Å². The number of primary amides is 1. The molecule has 15 heteroatoms. The second-order valence-corrected chi connectivity index (χ2v) is 11.8. The molecule has 2 heterocycles. The molecule has 43 heavy (non-hydrogen) atoms. The van der Waals surface area contributed by atoms with Crippen LogP contribution in [0.15, 0.2) is 22.7 Å². The van der Waals surface area contributed by atoms with Gasteiger partial charge in [-0.2, -0.15) is 0 Å². The summed E-state index contributed by atoms with van der Waals surface area (Å²) in [6.07, 6.45) is -5.07. The zero-order chi connectivity index (χ0) is 31.3. The molecule has 1 amide bonds. The largest absolute Gasteiger partial charge is 0.573 e. The lowest BCUT2D eigenvalue weighted by molar-refractivity contribution is -0.275. The Labute approximate surface area is 243 Å². The van der Waals surface area contributed by atoms with Gasteiger partial charge in [-0.05, 0) is 51.2 Å². The molecule has 6 rings (SSSR count). The van der Waals surface area contributed by atoms with Gasteiger partial charge in [0.05, 0.1) is 17.3 Å². The van der Waals surface area contributed by atoms with Gasteiger partial charge in [-0.1, -0.05) is 6.92 Å². The summed E-state index contributed by atoms with van der Waals surface area (Å²) in [5.41, 5.74) is 0.233. The van der Waals surface area contributed by atoms with E-state index in [2.05, 4.69) is 15.4 Å². The van der Waals surface area contributed by atoms with Gasteiger partial charge in [0.15, 0.2) is 17.1 Å². The quantitative estimate of drug-likeness (QED) is 0.193. The minimum atomic E-state index is -5.15. The number of nitrogens with one attached hydrogen (secondary N) is 2. The number of hydrogen-bond donors (Lipinski definition) is 7. The van der Waals surface area contributed by atoms with Crippen LogP contribution < -0.4 is 21.1 Å². The lowest BCUT2D eigenvalue weighted by atomic mass is 9.58. The third kappa shape index (κ3) is 3.97. The predicted molar refractivity (Wildman–Crippen MR) is 142 cm³/mol. The smallest absolute Gasteiger partial charge is 0.510 e. The average Bonchev–Trinajstić information content (AvgIpc) is 3.30. The number of likely N-dealkylation sites (N-methyl/N-ethyl adjacent to an activating group) is 1. The summed E-state index contributed by atoms with van der Waals surface area (Å²) < 4.78 is 46.3. The number of rotatable bonds is 4. The van der Waals surface area contributed by atoms with Crippen molar-refractivity contribution in [2.24, 2.45) is 23.5 Å². The van der Waals surface area contributed by atoms with Crippen LogP contribution in [0.2, 0.25) is 0 Å². The summed E-state index contributed by atoms with van der Waals surface area (Å²) in [5.74, 6) is -9.45. The lowest BCUT2D eigenvalue weighted by Gasteiger charge is -2.49. The van der Waals surface area contributed by atoms with E-state index in [1.54, 1.807) is 14.0 Å². The first kappa shape index (κ1) is 29.3. The Kier molecular flexibility index (Phi) is 6.53. The number of aliphatic hydroxyl groups excluding tert-OH is 2. The number of benzene rings is 1. The van der Waals surface area contributed by atoms with Crippen molar-refractivity contribution in [3.05, 3.63) is 39.4 Å². The van der Waals surface area contributed by atoms with Crippen molar-refractivity contribution >= 4 is 23.2 Å². The number of likely N-dealkylation sites (tertiary alicyclic amines) is 1. The van der Waals surface area contributed by atoms with E-state index in [1.807, 2.05) is 4.90 Å². The number of halogens is 3. The zero-order valence-electron chi connectivity index (χ0n) is 23.2. The first-order valence-electron chi connectivity index (χ1n) is 14.0. The van der Waals surface area contributed by atoms with Gasteiger partial charge in [0.1, 0.15) is 22.8 Å². The van der Waals surface area contributed by atoms with Crippen LogP contribution >= 0.6 is 0 Å². The fraction of sp³-hybridized carbons (Fsp3) is 0.536. The number of nitrogens with zero attached hydrogens (tertiary/aromatic N) is 1. The van der Waals surface area contributed by atoms with Crippen molar-refractivity contribution in [1.82, 2.24) is 10.2 Å². The van der Waals surface area contributed by atoms with Crippen LogP contribution in [0.3, 0.4) is 0 Å². The number of hydrogen-bond acceptors (Lipinski definition) is 11. The maximum atomic E-state index is 14.0. The molecule has 2 unspecified atom stereocenters. The highest BCUT2D eigenvalue weighted by molar-refractivity contribution is 6.25. The minimum Gasteiger partial charge on any atom is -0.510 e. The van der Waals surface area contributed by atoms with Crippen LogP contribution in [-0.2, 0) is 16.0 Å². The summed E-state index contributed by atoms with van der Waals surface area (Å²) in [5, 5.41) is 51.2. The van der Waals surface area contributed by atoms with Crippen LogP contribution in [0.25, 0.3) is 0 Å². The van der Waals surface area contributed by atoms with E-state index in [-0.39, 0.29) is 42.1 Å². The molecule has 1 saturated heterocycles. The number of phenolic OH excluding ortho intramolecular Hbond substituents is 1. The van der Waals surface area contributed by atoms with Crippen molar-refractivity contribution in [3.8, 4) is 11.5 Å². The first-order chi connectivity index (χ1) is 20.1. The van der Waals surface area contributed by atoms with Gasteiger partial charge < -0.3 is 41.5 Å². The number of Topliss-reactive ketones (excluding diaryl/α,β-unsaturated/α-hetero) is 2. The molecule has 1 aromatic carbocycles. The Balaban J connectivity index is 1.58. The number of fused-ring (bicyclic) bond motifs is 6. The van der Waals surface area contributed by atoms with Crippen molar-refractivity contribution < 1.29 is 52.7 Å². The van der Waals surface area contributed by atoms with Gasteiger partial charge in [0.2, 0.25) is 5.78 Å². The monoisotopic (exact) mass is 608 g/mol. The first-order valence-corrected chi connectivity index (χ1v) is 14.0. The number of ketones is 2. The standard InChI is InChI=1S/C28H31F3N4O8/c1-3-33-17-12-7-10-6-11-14(20(36)13(10)24(39)27(12,42)25(40)16(22(17)38)26(32)41)21(37)18-15(23(11)43-28(29,30)31)19-9(8-34-18)4-5-35(19)2/h9-10,12,17,19,33-34,37-39,42H,3-8H2,1-2H3,(H2,32,41)/t9?,10-,12-,17-,19?,27-/m0/s1. The normalized spacial score (nSPS) is 32.0. The highest BCUT2D eigenvalue weighted by Crippen LogP contribution is 2.58. The van der Waals surface area contributed by atoms with Gasteiger partial charge in [-0.15, -0.1) is 13.2 Å². The minimum absolute atomic E-state index is 0.0756. The molecule has 5 aliphatic rings. The van der Waals surface area contributed by atoms with Gasteiger partial charge in [0, 0.05) is 35.2 Å². The number of aromatic hydroxyl groups is 1. The highest BCUT2D eigenvalue weighted by Gasteiger charge is 2.63. The molecule has 0 radical (unpaired) electrons. The number of carbonyl (C=O) groups is 3. The predicted octanol–water partition coefficient (Wildman–Crippen LogP) is 1.49. The Morgan fingerprint density at radius 2 is 1.95 bits per heavy atom. The average molecular weight is 609 g/mol. The number of phenols is 1. The lowest BCUT2D eigenvalue weighted by Crippen LogP contribution is -2.64. The number of carbonyl (C=O) groups excluding carboxylic acids is 3. The van der Waals surface area contributed by atoms with Gasteiger partial charge in [0.25, 0.3) is 5.91 Å². The molecule has 0 spiro atoms. The molecule has 0 bridgehead atoms. The van der Waals surface area contributed by atoms with E-state index in [0.29, 0.717) is 19.5 Å². The summed E-state index contributed by atoms with van der Waals surface area (Å²) in [6.45, 7) is 2.73. The topological polar surface area (TPSA) is 195 Å². The van der Waals surface area contributed by atoms with E-state index in [4.69, 9.17) is 5.73 Å². The number of anilines is 1. The van der Waals surface area contributed by atoms with Crippen molar-refractivity contribution in [1.29, 1.82) is 0 Å². The van der Waals surface area contributed by atoms with E-state index in [1.165, 1.54) is 0 Å². The van der Waals surface area contributed by atoms with Crippen molar-refractivity contribution in [2.45, 2.75) is 50.2 Å². The molecular formula is C28H31F3N4O8. The highest BCUT2D eigenvalue weighted by atomic mass is 19.4. The maximum Gasteiger partial charge on any atom is 0.573 e. The number of allylic oxidation sites excluding steroid dienone is 1. The SMILES string of the molecule is CCN[C@@H]1C(O)=C(C(N)=O)C(=O)[C@@]2(O)C(O)=C3C(=O)c4c(O)c5c(c(OC(F)(F)F)c4C[C@H]3C[C@@H]12)C1C(CCN1C)CN5. The fourth-order valence-electron chi connectivity index (χ4n) is 7.88. The number of alkyl halides is 3. The molecule has 0 aromatic heterocycles. The summed E-state index contributed by atoms with van der Waals surface area (Å²) in [7, 11) is 1.75. The van der Waals surface area contributed by atoms with Crippen LogP contribution in [0, 0.1) is 17.8 Å². The van der Waals surface area contributed by atoms with E-state index in [9.17, 15) is 48.0 Å². The van der Waals surface area contributed by atoms with Crippen molar-refractivity contribution in [2.75, 3.05) is 32.0 Å².